The fraction of sp³-hybridized carbons (Fsp3) is 0.0769. The lowest BCUT2D eigenvalue weighted by Crippen LogP contribution is -2.05. The molecule has 15 heavy (non-hydrogen) atoms. The number of para-hydroxylation sites is 1. The first-order valence-electron chi connectivity index (χ1n) is 5.06. The monoisotopic (exact) mass is 196 g/mol. The normalized spacial score (nSPS) is 9.93. The van der Waals surface area contributed by atoms with Crippen LogP contribution in [-0.2, 0) is 0 Å². The molecule has 0 aromatic heterocycles. The predicted octanol–water partition coefficient (Wildman–Crippen LogP) is 2.05. The van der Waals surface area contributed by atoms with Crippen molar-refractivity contribution in [2.75, 3.05) is 0 Å². The van der Waals surface area contributed by atoms with Crippen molar-refractivity contribution in [3.63, 3.8) is 0 Å². The molecule has 0 fully saturated rings. The summed E-state index contributed by atoms with van der Waals surface area (Å²) in [6.45, 7) is 2.09. The number of benzene rings is 2. The van der Waals surface area contributed by atoms with Crippen LogP contribution in [0, 0.1) is 6.92 Å². The maximum absolute atomic E-state index is 5.71. The number of hydrogen-bond acceptors (Lipinski definition) is 1. The smallest absolute Gasteiger partial charge is 0.139 e. The van der Waals surface area contributed by atoms with Crippen LogP contribution >= 0.6 is 0 Å². The minimum Gasteiger partial charge on any atom is -0.457 e. The van der Waals surface area contributed by atoms with Crippen molar-refractivity contribution >= 4 is 13.3 Å². The lowest BCUT2D eigenvalue weighted by molar-refractivity contribution is 0.482. The molecule has 74 valence electrons. The lowest BCUT2D eigenvalue weighted by atomic mass is 9.91. The molecule has 0 bridgehead atoms. The van der Waals surface area contributed by atoms with Gasteiger partial charge in [-0.05, 0) is 31.2 Å². The largest absolute Gasteiger partial charge is 0.457 e. The summed E-state index contributed by atoms with van der Waals surface area (Å²) in [6, 6.07) is 16.0. The molecule has 1 nitrogen and oxygen atoms in total. The predicted molar refractivity (Wildman–Crippen MR) is 65.9 cm³/mol. The molecule has 2 heteroatoms. The van der Waals surface area contributed by atoms with Crippen LogP contribution in [0.5, 0.6) is 11.5 Å². The number of aryl methyl sites for hydroxylation is 1. The van der Waals surface area contributed by atoms with Crippen molar-refractivity contribution in [3.05, 3.63) is 54.1 Å². The second-order valence-electron chi connectivity index (χ2n) is 3.66. The molecular weight excluding hydrogens is 183 g/mol. The number of ether oxygens (including phenoxy) is 1. The molecule has 0 atom stereocenters. The van der Waals surface area contributed by atoms with Gasteiger partial charge in [0.15, 0.2) is 0 Å². The summed E-state index contributed by atoms with van der Waals surface area (Å²) in [5, 5.41) is 0. The zero-order chi connectivity index (χ0) is 10.7. The van der Waals surface area contributed by atoms with Crippen LogP contribution in [0.1, 0.15) is 5.56 Å². The Kier molecular flexibility index (Phi) is 2.77. The van der Waals surface area contributed by atoms with Crippen LogP contribution in [0.4, 0.5) is 0 Å². The van der Waals surface area contributed by atoms with Crippen molar-refractivity contribution in [1.82, 2.24) is 0 Å². The zero-order valence-corrected chi connectivity index (χ0v) is 9.03. The van der Waals surface area contributed by atoms with Gasteiger partial charge in [0.05, 0.1) is 0 Å². The Labute approximate surface area is 91.1 Å². The lowest BCUT2D eigenvalue weighted by Gasteiger charge is -2.07. The molecule has 2 aromatic carbocycles. The van der Waals surface area contributed by atoms with E-state index in [1.165, 1.54) is 11.0 Å². The van der Waals surface area contributed by atoms with Crippen LogP contribution in [0.2, 0.25) is 0 Å². The summed E-state index contributed by atoms with van der Waals surface area (Å²) in [5.74, 6) is 1.77. The van der Waals surface area contributed by atoms with Gasteiger partial charge in [-0.25, -0.2) is 0 Å². The van der Waals surface area contributed by atoms with Gasteiger partial charge in [0.25, 0.3) is 0 Å². The third kappa shape index (κ3) is 2.41. The first-order valence-corrected chi connectivity index (χ1v) is 5.06. The molecule has 0 aliphatic carbocycles. The number of rotatable bonds is 2. The third-order valence-corrected chi connectivity index (χ3v) is 2.46. The quantitative estimate of drug-likeness (QED) is 0.668. The summed E-state index contributed by atoms with van der Waals surface area (Å²) in [4.78, 5) is 0. The third-order valence-electron chi connectivity index (χ3n) is 2.46. The van der Waals surface area contributed by atoms with Crippen LogP contribution in [0.15, 0.2) is 48.5 Å². The van der Waals surface area contributed by atoms with E-state index >= 15 is 0 Å². The summed E-state index contributed by atoms with van der Waals surface area (Å²) in [6.07, 6.45) is 0. The van der Waals surface area contributed by atoms with Crippen molar-refractivity contribution in [2.45, 2.75) is 6.92 Å². The molecule has 0 aliphatic rings. The van der Waals surface area contributed by atoms with Crippen molar-refractivity contribution < 1.29 is 4.74 Å². The maximum Gasteiger partial charge on any atom is 0.139 e. The Balaban J connectivity index is 2.22. The SMILES string of the molecule is Bc1ccc(Oc2ccccc2)cc1C. The van der Waals surface area contributed by atoms with E-state index in [1.54, 1.807) is 0 Å². The van der Waals surface area contributed by atoms with Crippen molar-refractivity contribution in [1.29, 1.82) is 0 Å². The second-order valence-corrected chi connectivity index (χ2v) is 3.66. The number of hydrogen-bond donors (Lipinski definition) is 0. The minimum absolute atomic E-state index is 0.876. The fourth-order valence-electron chi connectivity index (χ4n) is 1.40. The summed E-state index contributed by atoms with van der Waals surface area (Å²) >= 11 is 0. The fourth-order valence-corrected chi connectivity index (χ4v) is 1.40. The van der Waals surface area contributed by atoms with Crippen LogP contribution in [0.25, 0.3) is 0 Å². The Bertz CT molecular complexity index is 451. The molecule has 0 amide bonds. The Morgan fingerprint density at radius 3 is 2.33 bits per heavy atom. The minimum atomic E-state index is 0.876. The molecule has 0 N–H and O–H groups in total. The highest BCUT2D eigenvalue weighted by atomic mass is 16.5. The van der Waals surface area contributed by atoms with Gasteiger partial charge in [-0.2, -0.15) is 0 Å². The Morgan fingerprint density at radius 1 is 0.933 bits per heavy atom. The molecule has 0 heterocycles. The molecule has 0 saturated heterocycles. The highest BCUT2D eigenvalue weighted by Crippen LogP contribution is 2.20. The molecule has 0 saturated carbocycles. The van der Waals surface area contributed by atoms with E-state index in [4.69, 9.17) is 4.74 Å². The van der Waals surface area contributed by atoms with E-state index in [-0.39, 0.29) is 0 Å². The molecule has 0 unspecified atom stereocenters. The van der Waals surface area contributed by atoms with Gasteiger partial charge in [0.2, 0.25) is 0 Å². The van der Waals surface area contributed by atoms with E-state index in [0.717, 1.165) is 11.5 Å². The Hall–Kier alpha value is -1.70. The zero-order valence-electron chi connectivity index (χ0n) is 9.03. The van der Waals surface area contributed by atoms with Gasteiger partial charge in [-0.1, -0.05) is 35.3 Å². The van der Waals surface area contributed by atoms with Gasteiger partial charge in [0, 0.05) is 0 Å². The van der Waals surface area contributed by atoms with Crippen LogP contribution < -0.4 is 10.2 Å². The molecule has 0 aliphatic heterocycles. The molecular formula is C13H13BO. The first kappa shape index (κ1) is 9.84. The maximum atomic E-state index is 5.71. The standard InChI is InChI=1S/C13H13BO/c1-10-9-12(7-8-13(10)14)15-11-5-3-2-4-6-11/h2-9H,14H2,1H3. The van der Waals surface area contributed by atoms with Gasteiger partial charge >= 0.3 is 0 Å². The highest BCUT2D eigenvalue weighted by molar-refractivity contribution is 6.33. The van der Waals surface area contributed by atoms with Crippen LogP contribution in [0.3, 0.4) is 0 Å². The van der Waals surface area contributed by atoms with Crippen molar-refractivity contribution in [3.8, 4) is 11.5 Å². The average Bonchev–Trinajstić information content (AvgIpc) is 2.25. The molecule has 2 aromatic rings. The van der Waals surface area contributed by atoms with E-state index in [9.17, 15) is 0 Å². The Morgan fingerprint density at radius 2 is 1.67 bits per heavy atom. The van der Waals surface area contributed by atoms with Crippen molar-refractivity contribution in [2.24, 2.45) is 0 Å². The van der Waals surface area contributed by atoms with E-state index in [2.05, 4.69) is 26.9 Å². The topological polar surface area (TPSA) is 9.23 Å². The second kappa shape index (κ2) is 4.22. The molecule has 0 radical (unpaired) electrons. The van der Waals surface area contributed by atoms with E-state index in [0.29, 0.717) is 0 Å². The summed E-state index contributed by atoms with van der Waals surface area (Å²) in [7, 11) is 2.10. The highest BCUT2D eigenvalue weighted by Gasteiger charge is 1.98. The van der Waals surface area contributed by atoms with Gasteiger partial charge in [-0.3, -0.25) is 0 Å². The molecule has 2 rings (SSSR count). The van der Waals surface area contributed by atoms with Gasteiger partial charge in [-0.15, -0.1) is 0 Å². The molecule has 0 spiro atoms. The van der Waals surface area contributed by atoms with Gasteiger partial charge in [0.1, 0.15) is 19.3 Å². The van der Waals surface area contributed by atoms with Crippen LogP contribution in [-0.4, -0.2) is 7.85 Å². The summed E-state index contributed by atoms with van der Waals surface area (Å²) < 4.78 is 5.71. The van der Waals surface area contributed by atoms with E-state index in [1.807, 2.05) is 36.4 Å². The summed E-state index contributed by atoms with van der Waals surface area (Å²) in [5.41, 5.74) is 2.54. The first-order chi connectivity index (χ1) is 7.25. The average molecular weight is 196 g/mol. The van der Waals surface area contributed by atoms with Gasteiger partial charge < -0.3 is 4.74 Å². The van der Waals surface area contributed by atoms with E-state index < -0.39 is 0 Å².